The fraction of sp³-hybridized carbons (Fsp3) is 0.571. The molecule has 1 unspecified atom stereocenters. The lowest BCUT2D eigenvalue weighted by Crippen LogP contribution is -2.18. The van der Waals surface area contributed by atoms with E-state index >= 15 is 0 Å². The molecule has 0 aliphatic carbocycles. The van der Waals surface area contributed by atoms with Crippen LogP contribution in [0, 0.1) is 5.92 Å². The molecule has 0 radical (unpaired) electrons. The number of ether oxygens (including phenoxy) is 1. The van der Waals surface area contributed by atoms with Crippen LogP contribution in [0.15, 0.2) is 16.6 Å². The zero-order chi connectivity index (χ0) is 13.7. The van der Waals surface area contributed by atoms with Gasteiger partial charge in [0.05, 0.1) is 16.8 Å². The molecule has 18 heavy (non-hydrogen) atoms. The minimum atomic E-state index is 0.384. The van der Waals surface area contributed by atoms with Crippen molar-refractivity contribution in [1.82, 2.24) is 0 Å². The molecular formula is C14H21BrClNO. The van der Waals surface area contributed by atoms with Gasteiger partial charge in [0, 0.05) is 11.1 Å². The third kappa shape index (κ3) is 4.69. The molecule has 0 aliphatic rings. The molecule has 0 heterocycles. The van der Waals surface area contributed by atoms with Crippen LogP contribution in [0.25, 0.3) is 0 Å². The van der Waals surface area contributed by atoms with Gasteiger partial charge in [-0.1, -0.05) is 25.4 Å². The van der Waals surface area contributed by atoms with Crippen molar-refractivity contribution in [3.05, 3.63) is 21.6 Å². The van der Waals surface area contributed by atoms with E-state index in [0.717, 1.165) is 22.3 Å². The molecule has 102 valence electrons. The molecule has 0 aliphatic heterocycles. The first kappa shape index (κ1) is 15.6. The van der Waals surface area contributed by atoms with Gasteiger partial charge in [-0.3, -0.25) is 0 Å². The fourth-order valence-corrected chi connectivity index (χ4v) is 2.91. The molecule has 0 spiro atoms. The second-order valence-electron chi connectivity index (χ2n) is 4.87. The van der Waals surface area contributed by atoms with Crippen LogP contribution in [0.5, 0.6) is 5.75 Å². The molecule has 0 amide bonds. The summed E-state index contributed by atoms with van der Waals surface area (Å²) in [4.78, 5) is 0. The maximum atomic E-state index is 6.09. The highest BCUT2D eigenvalue weighted by Crippen LogP contribution is 2.37. The summed E-state index contributed by atoms with van der Waals surface area (Å²) < 4.78 is 6.55. The van der Waals surface area contributed by atoms with Crippen LogP contribution >= 0.6 is 27.5 Å². The largest absolute Gasteiger partial charge is 0.491 e. The van der Waals surface area contributed by atoms with Gasteiger partial charge in [0.15, 0.2) is 5.75 Å². The highest BCUT2D eigenvalue weighted by Gasteiger charge is 2.13. The summed E-state index contributed by atoms with van der Waals surface area (Å²) in [5, 5.41) is 4.17. The Hall–Kier alpha value is -0.410. The first-order chi connectivity index (χ1) is 8.43. The van der Waals surface area contributed by atoms with E-state index in [0.29, 0.717) is 23.6 Å². The Morgan fingerprint density at radius 1 is 1.33 bits per heavy atom. The van der Waals surface area contributed by atoms with E-state index in [4.69, 9.17) is 16.3 Å². The van der Waals surface area contributed by atoms with E-state index < -0.39 is 0 Å². The normalized spacial score (nSPS) is 12.6. The van der Waals surface area contributed by atoms with Crippen LogP contribution in [-0.2, 0) is 0 Å². The molecule has 1 aromatic rings. The number of nitrogens with one attached hydrogen (secondary N) is 1. The Kier molecular flexibility index (Phi) is 6.30. The number of hydrogen-bond donors (Lipinski definition) is 1. The first-order valence-corrected chi connectivity index (χ1v) is 7.49. The van der Waals surface area contributed by atoms with Gasteiger partial charge >= 0.3 is 0 Å². The molecule has 0 saturated heterocycles. The van der Waals surface area contributed by atoms with Crippen molar-refractivity contribution in [3.8, 4) is 5.75 Å². The number of rotatable bonds is 6. The van der Waals surface area contributed by atoms with Gasteiger partial charge in [0.2, 0.25) is 0 Å². The highest BCUT2D eigenvalue weighted by atomic mass is 79.9. The van der Waals surface area contributed by atoms with Gasteiger partial charge in [0.25, 0.3) is 0 Å². The number of anilines is 1. The molecule has 1 aromatic carbocycles. The van der Waals surface area contributed by atoms with Crippen molar-refractivity contribution in [2.75, 3.05) is 11.9 Å². The number of benzene rings is 1. The van der Waals surface area contributed by atoms with Gasteiger partial charge in [-0.05, 0) is 54.2 Å². The number of halogens is 2. The Balaban J connectivity index is 2.91. The minimum Gasteiger partial charge on any atom is -0.491 e. The maximum absolute atomic E-state index is 6.09. The average Bonchev–Trinajstić information content (AvgIpc) is 2.21. The van der Waals surface area contributed by atoms with E-state index in [2.05, 4.69) is 42.0 Å². The van der Waals surface area contributed by atoms with Crippen LogP contribution in [0.2, 0.25) is 5.02 Å². The van der Waals surface area contributed by atoms with E-state index in [1.165, 1.54) is 0 Å². The summed E-state index contributed by atoms with van der Waals surface area (Å²) >= 11 is 9.58. The molecule has 0 fully saturated rings. The number of hydrogen-bond acceptors (Lipinski definition) is 2. The third-order valence-corrected chi connectivity index (χ3v) is 3.33. The molecule has 1 rings (SSSR count). The van der Waals surface area contributed by atoms with Gasteiger partial charge in [-0.2, -0.15) is 0 Å². The van der Waals surface area contributed by atoms with Crippen molar-refractivity contribution in [1.29, 1.82) is 0 Å². The fourth-order valence-electron chi connectivity index (χ4n) is 1.99. The van der Waals surface area contributed by atoms with Gasteiger partial charge in [-0.25, -0.2) is 0 Å². The van der Waals surface area contributed by atoms with E-state index in [9.17, 15) is 0 Å². The Bertz CT molecular complexity index is 396. The second kappa shape index (κ2) is 7.25. The Labute approximate surface area is 123 Å². The molecule has 0 bridgehead atoms. The monoisotopic (exact) mass is 333 g/mol. The van der Waals surface area contributed by atoms with Gasteiger partial charge in [-0.15, -0.1) is 0 Å². The molecule has 1 atom stereocenters. The lowest BCUT2D eigenvalue weighted by atomic mass is 10.1. The van der Waals surface area contributed by atoms with Crippen LogP contribution in [0.3, 0.4) is 0 Å². The summed E-state index contributed by atoms with van der Waals surface area (Å²) in [6, 6.07) is 4.15. The van der Waals surface area contributed by atoms with Crippen molar-refractivity contribution < 1.29 is 4.74 Å². The maximum Gasteiger partial charge on any atom is 0.156 e. The topological polar surface area (TPSA) is 21.3 Å². The standard InChI is InChI=1S/C14H21BrClNO/c1-5-18-14-12(15)7-11(16)8-13(14)17-10(4)6-9(2)3/h7-10,17H,5-6H2,1-4H3. The summed E-state index contributed by atoms with van der Waals surface area (Å²) in [6.45, 7) is 9.21. The second-order valence-corrected chi connectivity index (χ2v) is 6.16. The van der Waals surface area contributed by atoms with Crippen molar-refractivity contribution >= 4 is 33.2 Å². The predicted molar refractivity (Wildman–Crippen MR) is 82.9 cm³/mol. The molecule has 1 N–H and O–H groups in total. The minimum absolute atomic E-state index is 0.384. The Morgan fingerprint density at radius 3 is 2.56 bits per heavy atom. The summed E-state index contributed by atoms with van der Waals surface area (Å²) in [5.41, 5.74) is 0.948. The van der Waals surface area contributed by atoms with Crippen LogP contribution < -0.4 is 10.1 Å². The Morgan fingerprint density at radius 2 is 2.00 bits per heavy atom. The molecule has 0 saturated carbocycles. The predicted octanol–water partition coefficient (Wildman–Crippen LogP) is 5.35. The van der Waals surface area contributed by atoms with E-state index in [1.807, 2.05) is 19.1 Å². The molecule has 4 heteroatoms. The smallest absolute Gasteiger partial charge is 0.156 e. The zero-order valence-electron chi connectivity index (χ0n) is 11.4. The lowest BCUT2D eigenvalue weighted by Gasteiger charge is -2.20. The van der Waals surface area contributed by atoms with Crippen molar-refractivity contribution in [3.63, 3.8) is 0 Å². The van der Waals surface area contributed by atoms with Crippen LogP contribution in [0.4, 0.5) is 5.69 Å². The van der Waals surface area contributed by atoms with Gasteiger partial charge in [0.1, 0.15) is 0 Å². The average molecular weight is 335 g/mol. The van der Waals surface area contributed by atoms with Crippen LogP contribution in [0.1, 0.15) is 34.1 Å². The molecular weight excluding hydrogens is 314 g/mol. The van der Waals surface area contributed by atoms with E-state index in [-0.39, 0.29) is 0 Å². The van der Waals surface area contributed by atoms with Crippen LogP contribution in [-0.4, -0.2) is 12.6 Å². The van der Waals surface area contributed by atoms with Crippen molar-refractivity contribution in [2.45, 2.75) is 40.2 Å². The molecule has 0 aromatic heterocycles. The SMILES string of the molecule is CCOc1c(Br)cc(Cl)cc1NC(C)CC(C)C. The summed E-state index contributed by atoms with van der Waals surface area (Å²) in [6.07, 6.45) is 1.11. The summed E-state index contributed by atoms with van der Waals surface area (Å²) in [5.74, 6) is 1.49. The first-order valence-electron chi connectivity index (χ1n) is 6.32. The lowest BCUT2D eigenvalue weighted by molar-refractivity contribution is 0.339. The third-order valence-electron chi connectivity index (χ3n) is 2.52. The highest BCUT2D eigenvalue weighted by molar-refractivity contribution is 9.10. The van der Waals surface area contributed by atoms with E-state index in [1.54, 1.807) is 0 Å². The quantitative estimate of drug-likeness (QED) is 0.757. The van der Waals surface area contributed by atoms with Crippen molar-refractivity contribution in [2.24, 2.45) is 5.92 Å². The zero-order valence-corrected chi connectivity index (χ0v) is 13.7. The van der Waals surface area contributed by atoms with Gasteiger partial charge < -0.3 is 10.1 Å². The summed E-state index contributed by atoms with van der Waals surface area (Å²) in [7, 11) is 0. The molecule has 2 nitrogen and oxygen atoms in total.